The number of benzene rings is 2. The van der Waals surface area contributed by atoms with E-state index in [1.807, 2.05) is 0 Å². The number of esters is 1. The maximum atomic E-state index is 14.8. The number of allylic oxidation sites excluding steroid dienone is 2. The number of aromatic hydroxyl groups is 2. The lowest BCUT2D eigenvalue weighted by Crippen LogP contribution is -2.48. The number of aliphatic hydroxyl groups excluding tert-OH is 2. The summed E-state index contributed by atoms with van der Waals surface area (Å²) < 4.78 is 29.6. The van der Waals surface area contributed by atoms with Gasteiger partial charge in [0.25, 0.3) is 11.7 Å². The number of piperidine rings is 1. The molecule has 2 aromatic carbocycles. The molecule has 16 heteroatoms. The number of Topliss-reactive ketones (excluding diaryl/α,β-unsaturated/α-hetero) is 1. The van der Waals surface area contributed by atoms with E-state index < -0.39 is 82.9 Å². The monoisotopic (exact) mass is 874 g/mol. The molecule has 9 atom stereocenters. The van der Waals surface area contributed by atoms with Gasteiger partial charge in [0.1, 0.15) is 28.6 Å². The Morgan fingerprint density at radius 2 is 1.59 bits per heavy atom. The molecule has 5 aliphatic rings. The number of nitrogens with one attached hydrogen (secondary N) is 1. The summed E-state index contributed by atoms with van der Waals surface area (Å²) in [5.74, 6) is -6.93. The first kappa shape index (κ1) is 46.1. The third-order valence-electron chi connectivity index (χ3n) is 13.9. The number of aliphatic hydroxyl groups is 2. The fourth-order valence-corrected chi connectivity index (χ4v) is 9.89. The fraction of sp³-hybridized carbons (Fsp3) is 0.596. The zero-order chi connectivity index (χ0) is 45.7. The van der Waals surface area contributed by atoms with Crippen molar-refractivity contribution in [3.8, 4) is 17.2 Å². The summed E-state index contributed by atoms with van der Waals surface area (Å²) in [6.45, 7) is 15.7. The molecule has 0 unspecified atom stereocenters. The van der Waals surface area contributed by atoms with Gasteiger partial charge >= 0.3 is 11.8 Å². The van der Waals surface area contributed by atoms with Gasteiger partial charge in [0.15, 0.2) is 11.4 Å². The lowest BCUT2D eigenvalue weighted by Gasteiger charge is -2.41. The van der Waals surface area contributed by atoms with Crippen molar-refractivity contribution in [2.24, 2.45) is 33.7 Å². The van der Waals surface area contributed by atoms with Crippen LogP contribution in [0.1, 0.15) is 90.1 Å². The molecule has 5 N–H and O–H groups in total. The molecule has 5 aliphatic heterocycles. The molecule has 342 valence electrons. The van der Waals surface area contributed by atoms with E-state index >= 15 is 0 Å². The highest BCUT2D eigenvalue weighted by molar-refractivity contribution is 6.19. The summed E-state index contributed by atoms with van der Waals surface area (Å²) in [7, 11) is 1.47. The molecular weight excluding hydrogens is 813 g/mol. The predicted molar refractivity (Wildman–Crippen MR) is 232 cm³/mol. The number of methoxy groups -OCH3 is 1. The SMILES string of the molecule is CO[C@H]1/C=C/O[C@@]2(C)Oc3c(C)c(O)c4c(O)c(c5c(c4c3C2=O)=NC2(CCN(C3CCOCC3)CC2)N=5)NC(=O)/C(C)=C\C=C\[C@H](C)[C@H](O)[C@@H](C)[C@@H](O)[C@@H](C)[C@H](OC(C)=O)[C@@H]1C. The van der Waals surface area contributed by atoms with Gasteiger partial charge in [-0.05, 0) is 32.8 Å². The number of rotatable bonds is 3. The molecule has 2 saturated heterocycles. The van der Waals surface area contributed by atoms with Gasteiger partial charge in [-0.2, -0.15) is 0 Å². The molecule has 63 heavy (non-hydrogen) atoms. The Morgan fingerprint density at radius 1 is 0.921 bits per heavy atom. The van der Waals surface area contributed by atoms with E-state index in [4.69, 9.17) is 33.7 Å². The van der Waals surface area contributed by atoms with E-state index in [9.17, 15) is 34.8 Å². The minimum atomic E-state index is -1.96. The van der Waals surface area contributed by atoms with Crippen molar-refractivity contribution in [3.05, 3.63) is 58.0 Å². The Kier molecular flexibility index (Phi) is 13.1. The first-order chi connectivity index (χ1) is 29.8. The van der Waals surface area contributed by atoms with Crippen LogP contribution in [0.3, 0.4) is 0 Å². The smallest absolute Gasteiger partial charge is 0.312 e. The second-order valence-electron chi connectivity index (χ2n) is 18.1. The highest BCUT2D eigenvalue weighted by Gasteiger charge is 2.50. The lowest BCUT2D eigenvalue weighted by molar-refractivity contribution is -0.160. The second kappa shape index (κ2) is 18.0. The number of nitrogens with zero attached hydrogens (tertiary/aromatic N) is 3. The largest absolute Gasteiger partial charge is 0.507 e. The zero-order valence-corrected chi connectivity index (χ0v) is 37.6. The van der Waals surface area contributed by atoms with E-state index in [0.29, 0.717) is 45.2 Å². The number of anilines is 1. The maximum absolute atomic E-state index is 14.8. The summed E-state index contributed by atoms with van der Waals surface area (Å²) in [5.41, 5.74) is -0.601. The average molecular weight is 875 g/mol. The average Bonchev–Trinajstić information content (AvgIpc) is 3.76. The highest BCUT2D eigenvalue weighted by Crippen LogP contribution is 2.50. The molecule has 1 amide bonds. The van der Waals surface area contributed by atoms with Crippen LogP contribution >= 0.6 is 0 Å². The van der Waals surface area contributed by atoms with Crippen LogP contribution in [0.5, 0.6) is 17.2 Å². The number of hydrogen-bond acceptors (Lipinski definition) is 15. The third-order valence-corrected chi connectivity index (χ3v) is 13.9. The molecule has 0 radical (unpaired) electrons. The molecule has 1 spiro atoms. The fourth-order valence-electron chi connectivity index (χ4n) is 9.89. The van der Waals surface area contributed by atoms with Gasteiger partial charge in [0.2, 0.25) is 0 Å². The van der Waals surface area contributed by atoms with Crippen LogP contribution < -0.4 is 20.8 Å². The Balaban J connectivity index is 1.38. The minimum absolute atomic E-state index is 0.0340. The maximum Gasteiger partial charge on any atom is 0.312 e. The van der Waals surface area contributed by atoms with Crippen LogP contribution in [-0.4, -0.2) is 118 Å². The predicted octanol–water partition coefficient (Wildman–Crippen LogP) is 4.27. The molecule has 0 saturated carbocycles. The van der Waals surface area contributed by atoms with Crippen LogP contribution in [0.15, 0.2) is 46.1 Å². The molecule has 2 fully saturated rings. The molecule has 0 aliphatic carbocycles. The van der Waals surface area contributed by atoms with Crippen molar-refractivity contribution in [2.45, 2.75) is 123 Å². The summed E-state index contributed by atoms with van der Waals surface area (Å²) in [6, 6.07) is 0.378. The van der Waals surface area contributed by atoms with Gasteiger partial charge in [-0.15, -0.1) is 0 Å². The van der Waals surface area contributed by atoms with Gasteiger partial charge in [-0.25, -0.2) is 0 Å². The third kappa shape index (κ3) is 8.48. The van der Waals surface area contributed by atoms with E-state index in [-0.39, 0.29) is 55.4 Å². The molecule has 5 heterocycles. The number of amides is 1. The first-order valence-electron chi connectivity index (χ1n) is 22.0. The molecule has 16 nitrogen and oxygen atoms in total. The van der Waals surface area contributed by atoms with Crippen molar-refractivity contribution in [1.82, 2.24) is 4.90 Å². The van der Waals surface area contributed by atoms with Gasteiger partial charge < -0.3 is 49.4 Å². The van der Waals surface area contributed by atoms with Crippen molar-refractivity contribution >= 4 is 34.1 Å². The number of phenolic OH excluding ortho intramolecular Hbond substituents is 2. The number of ketones is 1. The molecule has 0 aromatic heterocycles. The van der Waals surface area contributed by atoms with Crippen LogP contribution in [0, 0.1) is 30.6 Å². The molecular formula is C47H62N4O12. The summed E-state index contributed by atoms with van der Waals surface area (Å²) >= 11 is 0. The van der Waals surface area contributed by atoms with Gasteiger partial charge in [-0.1, -0.05) is 45.9 Å². The number of ether oxygens (including phenoxy) is 5. The standard InChI is InChI=1S/C47H62N4O12/c1-23-11-10-12-24(2)45(58)48-37-36-35(49-47(50-36)16-18-51(19-17-47)30-13-20-60-21-14-30)32-33(41(37)56)40(55)28(6)43-34(32)44(57)46(8,63-43)61-22-15-31(59-9)25(3)42(62-29(7)52)27(5)39(54)26(4)38(23)53/h10-12,15,22-23,25-27,30-31,38-39,42,53-56H,13-14,16-21H2,1-9H3,(H,48,58)/b11-10+,22-15+,24-12-/t23-,25+,26+,27+,31-,38-,39+,42+,46-/m0/s1. The summed E-state index contributed by atoms with van der Waals surface area (Å²) in [6.07, 6.45) is 6.88. The normalized spacial score (nSPS) is 33.7. The van der Waals surface area contributed by atoms with Crippen molar-refractivity contribution in [2.75, 3.05) is 38.7 Å². The number of carbonyl (C=O) groups excluding carboxylic acids is 3. The number of phenols is 2. The Morgan fingerprint density at radius 3 is 2.24 bits per heavy atom. The number of carbonyl (C=O) groups is 3. The highest BCUT2D eigenvalue weighted by atomic mass is 16.7. The topological polar surface area (TPSA) is 218 Å². The Labute approximate surface area is 367 Å². The van der Waals surface area contributed by atoms with Gasteiger partial charge in [0.05, 0.1) is 40.9 Å². The van der Waals surface area contributed by atoms with E-state index in [2.05, 4.69) is 10.2 Å². The van der Waals surface area contributed by atoms with E-state index in [1.54, 1.807) is 65.8 Å². The second-order valence-corrected chi connectivity index (χ2v) is 18.1. The number of likely N-dealkylation sites (tertiary alicyclic amines) is 1. The Hall–Kier alpha value is -4.87. The number of hydrogen-bond donors (Lipinski definition) is 5. The number of fused-ring (bicyclic) bond motifs is 1. The van der Waals surface area contributed by atoms with Crippen LogP contribution in [0.25, 0.3) is 10.8 Å². The lowest BCUT2D eigenvalue weighted by atomic mass is 9.78. The molecule has 7 rings (SSSR count). The van der Waals surface area contributed by atoms with E-state index in [1.165, 1.54) is 27.2 Å². The van der Waals surface area contributed by atoms with Crippen LogP contribution in [0.4, 0.5) is 5.69 Å². The van der Waals surface area contributed by atoms with Gasteiger partial charge in [0, 0.05) is 106 Å². The summed E-state index contributed by atoms with van der Waals surface area (Å²) in [5, 5.41) is 50.3. The molecule has 2 aromatic rings. The molecule has 4 bridgehead atoms. The van der Waals surface area contributed by atoms with Gasteiger partial charge in [-0.3, -0.25) is 29.3 Å². The Bertz CT molecular complexity index is 2360. The quantitative estimate of drug-likeness (QED) is 0.215. The zero-order valence-electron chi connectivity index (χ0n) is 37.6. The van der Waals surface area contributed by atoms with Crippen molar-refractivity contribution in [1.29, 1.82) is 0 Å². The summed E-state index contributed by atoms with van der Waals surface area (Å²) in [4.78, 5) is 54.0. The minimum Gasteiger partial charge on any atom is -0.507 e. The van der Waals surface area contributed by atoms with Crippen molar-refractivity contribution < 1.29 is 58.5 Å². The first-order valence-corrected chi connectivity index (χ1v) is 22.0. The van der Waals surface area contributed by atoms with Crippen LogP contribution in [0.2, 0.25) is 0 Å². The van der Waals surface area contributed by atoms with Crippen molar-refractivity contribution in [3.63, 3.8) is 0 Å². The van der Waals surface area contributed by atoms with Crippen LogP contribution in [-0.2, 0) is 28.5 Å². The van der Waals surface area contributed by atoms with E-state index in [0.717, 1.165) is 12.8 Å².